The van der Waals surface area contributed by atoms with Crippen LogP contribution in [0.3, 0.4) is 0 Å². The minimum absolute atomic E-state index is 0.454. The second-order valence-corrected chi connectivity index (χ2v) is 7.04. The molecule has 0 saturated heterocycles. The molecule has 0 aliphatic heterocycles. The number of aryl methyl sites for hydroxylation is 1. The maximum absolute atomic E-state index is 4.60. The van der Waals surface area contributed by atoms with Crippen molar-refractivity contribution in [2.45, 2.75) is 65.8 Å². The number of nitrogens with one attached hydrogen (secondary N) is 1. The molecule has 2 heteroatoms. The van der Waals surface area contributed by atoms with Crippen molar-refractivity contribution in [2.24, 2.45) is 11.3 Å². The van der Waals surface area contributed by atoms with E-state index in [1.54, 1.807) is 0 Å². The minimum Gasteiger partial charge on any atom is -0.314 e. The van der Waals surface area contributed by atoms with Crippen LogP contribution in [0.25, 0.3) is 0 Å². The van der Waals surface area contributed by atoms with E-state index in [4.69, 9.17) is 0 Å². The molecule has 1 aliphatic carbocycles. The summed E-state index contributed by atoms with van der Waals surface area (Å²) in [5.41, 5.74) is 2.92. The number of pyridine rings is 1. The highest BCUT2D eigenvalue weighted by molar-refractivity contribution is 5.13. The molecule has 1 aliphatic rings. The Labute approximate surface area is 124 Å². The highest BCUT2D eigenvalue weighted by atomic mass is 14.9. The van der Waals surface area contributed by atoms with Crippen LogP contribution in [0.5, 0.6) is 0 Å². The fraction of sp³-hybridized carbons (Fsp3) is 0.722. The Hall–Kier alpha value is -0.890. The van der Waals surface area contributed by atoms with Gasteiger partial charge >= 0.3 is 0 Å². The molecule has 0 bridgehead atoms. The molecule has 0 amide bonds. The van der Waals surface area contributed by atoms with Gasteiger partial charge in [-0.1, -0.05) is 39.7 Å². The van der Waals surface area contributed by atoms with Crippen molar-refractivity contribution in [1.29, 1.82) is 0 Å². The van der Waals surface area contributed by atoms with Crippen LogP contribution in [-0.4, -0.2) is 17.6 Å². The topological polar surface area (TPSA) is 24.9 Å². The molecular formula is C18H30N2. The number of aromatic nitrogens is 1. The lowest BCUT2D eigenvalue weighted by Crippen LogP contribution is -2.46. The van der Waals surface area contributed by atoms with E-state index >= 15 is 0 Å². The predicted octanol–water partition coefficient (Wildman–Crippen LogP) is 4.13. The van der Waals surface area contributed by atoms with Crippen molar-refractivity contribution in [1.82, 2.24) is 10.3 Å². The van der Waals surface area contributed by atoms with E-state index in [1.165, 1.54) is 36.9 Å². The highest BCUT2D eigenvalue weighted by Gasteiger charge is 2.37. The van der Waals surface area contributed by atoms with E-state index in [0.717, 1.165) is 18.9 Å². The molecule has 20 heavy (non-hydrogen) atoms. The normalized spacial score (nSPS) is 23.5. The smallest absolute Gasteiger partial charge is 0.0419 e. The number of hydrogen-bond acceptors (Lipinski definition) is 2. The molecule has 112 valence electrons. The molecule has 2 atom stereocenters. The Morgan fingerprint density at radius 2 is 2.15 bits per heavy atom. The zero-order valence-corrected chi connectivity index (χ0v) is 13.6. The first-order chi connectivity index (χ1) is 9.53. The summed E-state index contributed by atoms with van der Waals surface area (Å²) in [7, 11) is 0. The van der Waals surface area contributed by atoms with Gasteiger partial charge in [0.1, 0.15) is 0 Å². The van der Waals surface area contributed by atoms with Crippen LogP contribution >= 0.6 is 0 Å². The van der Waals surface area contributed by atoms with E-state index in [1.807, 2.05) is 6.20 Å². The molecule has 2 rings (SSSR count). The van der Waals surface area contributed by atoms with Gasteiger partial charge in [0.25, 0.3) is 0 Å². The first-order valence-corrected chi connectivity index (χ1v) is 8.18. The van der Waals surface area contributed by atoms with Crippen molar-refractivity contribution < 1.29 is 0 Å². The molecule has 1 aromatic heterocycles. The van der Waals surface area contributed by atoms with Gasteiger partial charge in [0.2, 0.25) is 0 Å². The molecule has 1 N–H and O–H groups in total. The van der Waals surface area contributed by atoms with E-state index < -0.39 is 0 Å². The molecule has 0 aromatic carbocycles. The molecule has 2 unspecified atom stereocenters. The summed E-state index contributed by atoms with van der Waals surface area (Å²) in [5.74, 6) is 0.763. The molecule has 0 radical (unpaired) electrons. The third-order valence-corrected chi connectivity index (χ3v) is 4.94. The number of rotatable bonds is 5. The van der Waals surface area contributed by atoms with Gasteiger partial charge < -0.3 is 5.32 Å². The van der Waals surface area contributed by atoms with Crippen molar-refractivity contribution in [3.05, 3.63) is 29.6 Å². The van der Waals surface area contributed by atoms with Crippen LogP contribution in [-0.2, 0) is 6.42 Å². The standard InChI is InChI=1S/C18H30N2/c1-5-19-17(12-15-10-9-14(2)13-20-15)16-8-6-7-11-18(16,3)4/h9-10,13,16-17,19H,5-8,11-12H2,1-4H3. The monoisotopic (exact) mass is 274 g/mol. The fourth-order valence-corrected chi connectivity index (χ4v) is 3.73. The van der Waals surface area contributed by atoms with Crippen LogP contribution in [0, 0.1) is 18.3 Å². The van der Waals surface area contributed by atoms with Crippen molar-refractivity contribution in [3.63, 3.8) is 0 Å². The SMILES string of the molecule is CCNC(Cc1ccc(C)cn1)C1CCCCC1(C)C. The van der Waals surface area contributed by atoms with Gasteiger partial charge in [0.15, 0.2) is 0 Å². The molecule has 0 spiro atoms. The lowest BCUT2D eigenvalue weighted by molar-refractivity contribution is 0.0984. The molecule has 1 aromatic rings. The first-order valence-electron chi connectivity index (χ1n) is 8.18. The van der Waals surface area contributed by atoms with Gasteiger partial charge in [-0.3, -0.25) is 4.98 Å². The molecule has 1 saturated carbocycles. The van der Waals surface area contributed by atoms with Gasteiger partial charge in [-0.05, 0) is 49.3 Å². The number of hydrogen-bond donors (Lipinski definition) is 1. The molecule has 2 nitrogen and oxygen atoms in total. The average Bonchev–Trinajstić information content (AvgIpc) is 2.40. The van der Waals surface area contributed by atoms with Gasteiger partial charge in [0, 0.05) is 24.4 Å². The lowest BCUT2D eigenvalue weighted by Gasteiger charge is -2.43. The third kappa shape index (κ3) is 3.82. The first kappa shape index (κ1) is 15.5. The van der Waals surface area contributed by atoms with E-state index in [0.29, 0.717) is 11.5 Å². The van der Waals surface area contributed by atoms with Crippen LogP contribution in [0.15, 0.2) is 18.3 Å². The summed E-state index contributed by atoms with van der Waals surface area (Å²) in [5, 5.41) is 3.73. The summed E-state index contributed by atoms with van der Waals surface area (Å²) in [6.45, 7) is 10.3. The Morgan fingerprint density at radius 1 is 1.35 bits per heavy atom. The van der Waals surface area contributed by atoms with Crippen LogP contribution in [0.4, 0.5) is 0 Å². The van der Waals surface area contributed by atoms with Crippen LogP contribution in [0.1, 0.15) is 57.7 Å². The van der Waals surface area contributed by atoms with Gasteiger partial charge in [-0.2, -0.15) is 0 Å². The summed E-state index contributed by atoms with van der Waals surface area (Å²) in [6.07, 6.45) is 8.55. The predicted molar refractivity (Wildman–Crippen MR) is 85.9 cm³/mol. The van der Waals surface area contributed by atoms with Crippen molar-refractivity contribution in [2.75, 3.05) is 6.54 Å². The summed E-state index contributed by atoms with van der Waals surface area (Å²) in [4.78, 5) is 4.60. The largest absolute Gasteiger partial charge is 0.314 e. The average molecular weight is 274 g/mol. The van der Waals surface area contributed by atoms with E-state index in [-0.39, 0.29) is 0 Å². The quantitative estimate of drug-likeness (QED) is 0.873. The van der Waals surface area contributed by atoms with E-state index in [9.17, 15) is 0 Å². The third-order valence-electron chi connectivity index (χ3n) is 4.94. The lowest BCUT2D eigenvalue weighted by atomic mass is 9.65. The Bertz CT molecular complexity index is 408. The zero-order valence-electron chi connectivity index (χ0n) is 13.6. The van der Waals surface area contributed by atoms with Crippen LogP contribution < -0.4 is 5.32 Å². The Morgan fingerprint density at radius 3 is 2.75 bits per heavy atom. The Balaban J connectivity index is 2.11. The van der Waals surface area contributed by atoms with Gasteiger partial charge in [-0.25, -0.2) is 0 Å². The van der Waals surface area contributed by atoms with Crippen LogP contribution in [0.2, 0.25) is 0 Å². The maximum atomic E-state index is 4.60. The molecular weight excluding hydrogens is 244 g/mol. The zero-order chi connectivity index (χ0) is 14.6. The second-order valence-electron chi connectivity index (χ2n) is 7.04. The number of nitrogens with zero attached hydrogens (tertiary/aromatic N) is 1. The summed E-state index contributed by atoms with van der Waals surface area (Å²) >= 11 is 0. The minimum atomic E-state index is 0.454. The van der Waals surface area contributed by atoms with Crippen molar-refractivity contribution in [3.8, 4) is 0 Å². The van der Waals surface area contributed by atoms with E-state index in [2.05, 4.69) is 50.1 Å². The summed E-state index contributed by atoms with van der Waals surface area (Å²) < 4.78 is 0. The molecule has 1 heterocycles. The van der Waals surface area contributed by atoms with Gasteiger partial charge in [-0.15, -0.1) is 0 Å². The molecule has 1 fully saturated rings. The fourth-order valence-electron chi connectivity index (χ4n) is 3.73. The Kier molecular flexibility index (Phi) is 5.20. The maximum Gasteiger partial charge on any atom is 0.0419 e. The number of likely N-dealkylation sites (N-methyl/N-ethyl adjacent to an activating group) is 1. The second kappa shape index (κ2) is 6.71. The summed E-state index contributed by atoms with van der Waals surface area (Å²) in [6, 6.07) is 4.93. The van der Waals surface area contributed by atoms with Crippen molar-refractivity contribution >= 4 is 0 Å². The van der Waals surface area contributed by atoms with Gasteiger partial charge in [0.05, 0.1) is 0 Å². The highest BCUT2D eigenvalue weighted by Crippen LogP contribution is 2.42.